The second-order valence-corrected chi connectivity index (χ2v) is 5.41. The first-order valence-corrected chi connectivity index (χ1v) is 7.04. The highest BCUT2D eigenvalue weighted by molar-refractivity contribution is 5.94. The molecule has 0 bridgehead atoms. The van der Waals surface area contributed by atoms with Crippen LogP contribution >= 0.6 is 0 Å². The molecule has 8 nitrogen and oxygen atoms in total. The molecule has 1 aromatic carbocycles. The van der Waals surface area contributed by atoms with Crippen molar-refractivity contribution >= 4 is 23.2 Å². The number of imidazole rings is 1. The fourth-order valence-corrected chi connectivity index (χ4v) is 2.35. The summed E-state index contributed by atoms with van der Waals surface area (Å²) in [5, 5.41) is 13.8. The van der Waals surface area contributed by atoms with E-state index in [-0.39, 0.29) is 24.1 Å². The highest BCUT2D eigenvalue weighted by Crippen LogP contribution is 2.24. The van der Waals surface area contributed by atoms with Crippen molar-refractivity contribution in [1.29, 1.82) is 0 Å². The molecule has 0 aliphatic carbocycles. The Labute approximate surface area is 133 Å². The lowest BCUT2D eigenvalue weighted by atomic mass is 10.1. The minimum atomic E-state index is -0.561. The molecule has 1 amide bonds. The first-order chi connectivity index (χ1) is 10.8. The molecule has 0 fully saturated rings. The number of nitrogens with zero attached hydrogens (tertiary/aromatic N) is 4. The number of nitrogens with one attached hydrogen (secondary N) is 1. The van der Waals surface area contributed by atoms with Crippen LogP contribution in [0.3, 0.4) is 0 Å². The van der Waals surface area contributed by atoms with Gasteiger partial charge in [-0.25, -0.2) is 0 Å². The third-order valence-electron chi connectivity index (χ3n) is 3.68. The number of nitro groups is 1. The van der Waals surface area contributed by atoms with Crippen molar-refractivity contribution in [3.05, 3.63) is 45.8 Å². The minimum absolute atomic E-state index is 0.0201. The Balaban J connectivity index is 2.13. The van der Waals surface area contributed by atoms with Gasteiger partial charge in [0.25, 0.3) is 0 Å². The number of anilines is 2. The fourth-order valence-electron chi connectivity index (χ4n) is 2.35. The predicted octanol–water partition coefficient (Wildman–Crippen LogP) is 2.02. The summed E-state index contributed by atoms with van der Waals surface area (Å²) < 4.78 is 1.52. The van der Waals surface area contributed by atoms with E-state index in [0.717, 1.165) is 16.8 Å². The molecule has 0 spiro atoms. The molecule has 23 heavy (non-hydrogen) atoms. The van der Waals surface area contributed by atoms with Crippen molar-refractivity contribution < 1.29 is 9.72 Å². The molecule has 1 heterocycles. The SMILES string of the molecule is Cc1cccc(NC(=O)CN(C)c2c([N+](=O)[O-])ncn2C)c1C. The van der Waals surface area contributed by atoms with Crippen LogP contribution in [-0.2, 0) is 11.8 Å². The Hall–Kier alpha value is -2.90. The van der Waals surface area contributed by atoms with Gasteiger partial charge in [-0.3, -0.25) is 9.36 Å². The minimum Gasteiger partial charge on any atom is -0.358 e. The van der Waals surface area contributed by atoms with E-state index >= 15 is 0 Å². The molecule has 122 valence electrons. The van der Waals surface area contributed by atoms with E-state index in [1.807, 2.05) is 32.0 Å². The second kappa shape index (κ2) is 6.47. The van der Waals surface area contributed by atoms with Crippen LogP contribution < -0.4 is 10.2 Å². The molecular weight excluding hydrogens is 298 g/mol. The maximum atomic E-state index is 12.2. The van der Waals surface area contributed by atoms with Gasteiger partial charge in [-0.2, -0.15) is 0 Å². The third-order valence-corrected chi connectivity index (χ3v) is 3.68. The van der Waals surface area contributed by atoms with Crippen LogP contribution in [0.5, 0.6) is 0 Å². The molecule has 8 heteroatoms. The molecule has 0 radical (unpaired) electrons. The lowest BCUT2D eigenvalue weighted by Gasteiger charge is -2.18. The van der Waals surface area contributed by atoms with Crippen LogP contribution in [0.2, 0.25) is 0 Å². The number of carbonyl (C=O) groups excluding carboxylic acids is 1. The smallest absolute Gasteiger partial charge is 0.358 e. The maximum absolute atomic E-state index is 12.2. The van der Waals surface area contributed by atoms with Gasteiger partial charge in [0.15, 0.2) is 0 Å². The lowest BCUT2D eigenvalue weighted by molar-refractivity contribution is -0.388. The van der Waals surface area contributed by atoms with E-state index in [0.29, 0.717) is 0 Å². The summed E-state index contributed by atoms with van der Waals surface area (Å²) in [4.78, 5) is 27.9. The van der Waals surface area contributed by atoms with Gasteiger partial charge in [0.2, 0.25) is 18.1 Å². The number of benzene rings is 1. The van der Waals surface area contributed by atoms with E-state index in [1.165, 1.54) is 15.8 Å². The highest BCUT2D eigenvalue weighted by atomic mass is 16.6. The number of carbonyl (C=O) groups is 1. The Bertz CT molecular complexity index is 754. The summed E-state index contributed by atoms with van der Waals surface area (Å²) in [6.45, 7) is 3.88. The second-order valence-electron chi connectivity index (χ2n) is 5.41. The van der Waals surface area contributed by atoms with Gasteiger partial charge in [-0.05, 0) is 40.9 Å². The highest BCUT2D eigenvalue weighted by Gasteiger charge is 2.24. The molecule has 0 aliphatic rings. The molecule has 2 rings (SSSR count). The Morgan fingerprint density at radius 3 is 2.78 bits per heavy atom. The van der Waals surface area contributed by atoms with Crippen molar-refractivity contribution in [2.24, 2.45) is 7.05 Å². The molecular formula is C15H19N5O3. The van der Waals surface area contributed by atoms with Crippen molar-refractivity contribution in [1.82, 2.24) is 9.55 Å². The largest absolute Gasteiger partial charge is 0.406 e. The van der Waals surface area contributed by atoms with Crippen LogP contribution in [0.25, 0.3) is 0 Å². The number of amides is 1. The molecule has 0 aliphatic heterocycles. The van der Waals surface area contributed by atoms with Crippen LogP contribution in [0, 0.1) is 24.0 Å². The van der Waals surface area contributed by atoms with Gasteiger partial charge < -0.3 is 20.3 Å². The summed E-state index contributed by atoms with van der Waals surface area (Å²) in [5.41, 5.74) is 2.82. The first kappa shape index (κ1) is 16.5. The van der Waals surface area contributed by atoms with Gasteiger partial charge in [-0.15, -0.1) is 0 Å². The standard InChI is InChI=1S/C15H19N5O3/c1-10-6-5-7-12(11(10)2)17-13(21)8-18(3)15-14(20(22)23)16-9-19(15)4/h5-7,9H,8H2,1-4H3,(H,17,21). The van der Waals surface area contributed by atoms with Crippen molar-refractivity contribution in [2.75, 3.05) is 23.8 Å². The number of hydrogen-bond donors (Lipinski definition) is 1. The van der Waals surface area contributed by atoms with Crippen molar-refractivity contribution in [3.8, 4) is 0 Å². The summed E-state index contributed by atoms with van der Waals surface area (Å²) in [6.07, 6.45) is 1.35. The molecule has 0 unspecified atom stereocenters. The van der Waals surface area contributed by atoms with E-state index in [1.54, 1.807) is 14.1 Å². The summed E-state index contributed by atoms with van der Waals surface area (Å²) in [6, 6.07) is 5.66. The Morgan fingerprint density at radius 1 is 1.43 bits per heavy atom. The molecule has 1 aromatic heterocycles. The quantitative estimate of drug-likeness (QED) is 0.672. The molecule has 1 N–H and O–H groups in total. The summed E-state index contributed by atoms with van der Waals surface area (Å²) in [5.74, 6) is -0.239. The van der Waals surface area contributed by atoms with Crippen molar-refractivity contribution in [2.45, 2.75) is 13.8 Å². The topological polar surface area (TPSA) is 93.3 Å². The van der Waals surface area contributed by atoms with Gasteiger partial charge >= 0.3 is 5.82 Å². The zero-order valence-corrected chi connectivity index (χ0v) is 13.5. The Morgan fingerprint density at radius 2 is 2.13 bits per heavy atom. The average molecular weight is 317 g/mol. The molecule has 0 saturated heterocycles. The van der Waals surface area contributed by atoms with Crippen LogP contribution in [0.15, 0.2) is 24.5 Å². The number of aryl methyl sites for hydroxylation is 2. The molecule has 2 aromatic rings. The Kier molecular flexibility index (Phi) is 4.63. The number of hydrogen-bond acceptors (Lipinski definition) is 5. The predicted molar refractivity (Wildman–Crippen MR) is 87.7 cm³/mol. The van der Waals surface area contributed by atoms with Crippen LogP contribution in [0.1, 0.15) is 11.1 Å². The molecule has 0 saturated carbocycles. The monoisotopic (exact) mass is 317 g/mol. The lowest BCUT2D eigenvalue weighted by Crippen LogP contribution is -2.31. The van der Waals surface area contributed by atoms with Crippen LogP contribution in [-0.4, -0.2) is 34.0 Å². The van der Waals surface area contributed by atoms with Gasteiger partial charge in [-0.1, -0.05) is 12.1 Å². The van der Waals surface area contributed by atoms with Gasteiger partial charge in [0.1, 0.15) is 0 Å². The van der Waals surface area contributed by atoms with E-state index in [2.05, 4.69) is 10.3 Å². The summed E-state index contributed by atoms with van der Waals surface area (Å²) in [7, 11) is 3.27. The maximum Gasteiger partial charge on any atom is 0.406 e. The normalized spacial score (nSPS) is 10.4. The fraction of sp³-hybridized carbons (Fsp3) is 0.333. The van der Waals surface area contributed by atoms with E-state index in [9.17, 15) is 14.9 Å². The third kappa shape index (κ3) is 3.47. The van der Waals surface area contributed by atoms with Gasteiger partial charge in [0, 0.05) is 19.8 Å². The number of rotatable bonds is 5. The molecule has 0 atom stereocenters. The zero-order chi connectivity index (χ0) is 17.1. The van der Waals surface area contributed by atoms with E-state index < -0.39 is 4.92 Å². The zero-order valence-electron chi connectivity index (χ0n) is 13.5. The number of likely N-dealkylation sites (N-methyl/N-ethyl adjacent to an activating group) is 1. The van der Waals surface area contributed by atoms with Gasteiger partial charge in [0.05, 0.1) is 6.54 Å². The van der Waals surface area contributed by atoms with Crippen LogP contribution in [0.4, 0.5) is 17.3 Å². The first-order valence-electron chi connectivity index (χ1n) is 7.04. The van der Waals surface area contributed by atoms with Crippen molar-refractivity contribution in [3.63, 3.8) is 0 Å². The average Bonchev–Trinajstić information content (AvgIpc) is 2.86. The van der Waals surface area contributed by atoms with E-state index in [4.69, 9.17) is 0 Å². The number of aromatic nitrogens is 2. The summed E-state index contributed by atoms with van der Waals surface area (Å²) >= 11 is 0.